The Balaban J connectivity index is 2.35. The highest BCUT2D eigenvalue weighted by Gasteiger charge is 2.22. The Morgan fingerprint density at radius 3 is 1.48 bits per heavy atom. The van der Waals surface area contributed by atoms with Crippen molar-refractivity contribution in [2.75, 3.05) is 21.3 Å². The molecule has 2 aromatic carbocycles. The van der Waals surface area contributed by atoms with Crippen LogP contribution in [0.5, 0.6) is 17.2 Å². The first-order valence-electron chi connectivity index (χ1n) is 7.23. The van der Waals surface area contributed by atoms with Gasteiger partial charge in [0.05, 0.1) is 21.3 Å². The molecule has 0 saturated carbocycles. The van der Waals surface area contributed by atoms with Gasteiger partial charge in [0.25, 0.3) is 0 Å². The van der Waals surface area contributed by atoms with Gasteiger partial charge in [-0.05, 0) is 47.9 Å². The molecule has 0 aliphatic carbocycles. The molecule has 2 N–H and O–H groups in total. The molecule has 0 aliphatic heterocycles. The summed E-state index contributed by atoms with van der Waals surface area (Å²) in [7, 11) is 4.63. The lowest BCUT2D eigenvalue weighted by Crippen LogP contribution is -2.11. The van der Waals surface area contributed by atoms with Crippen LogP contribution in [0.3, 0.4) is 0 Å². The summed E-state index contributed by atoms with van der Waals surface area (Å²) in [4.78, 5) is 0. The summed E-state index contributed by atoms with van der Waals surface area (Å²) in [5, 5.41) is 21.1. The Labute approximate surface area is 136 Å². The first-order chi connectivity index (χ1) is 11.0. The van der Waals surface area contributed by atoms with E-state index in [2.05, 4.69) is 0 Å². The van der Waals surface area contributed by atoms with Crippen LogP contribution in [0.1, 0.15) is 28.9 Å². The maximum Gasteiger partial charge on any atom is 0.122 e. The van der Waals surface area contributed by atoms with Crippen LogP contribution in [0, 0.1) is 6.92 Å². The minimum absolute atomic E-state index is 0.508. The fourth-order valence-corrected chi connectivity index (χ4v) is 2.43. The summed E-state index contributed by atoms with van der Waals surface area (Å²) < 4.78 is 15.6. The molecule has 2 rings (SSSR count). The lowest BCUT2D eigenvalue weighted by molar-refractivity contribution is 0.0169. The SMILES string of the molecule is COc1cc(C)cc(C(O)C(O)c2cc(OC)cc(OC)c2)c1. The van der Waals surface area contributed by atoms with Crippen molar-refractivity contribution in [1.82, 2.24) is 0 Å². The van der Waals surface area contributed by atoms with Gasteiger partial charge in [-0.3, -0.25) is 0 Å². The molecule has 0 radical (unpaired) electrons. The number of ether oxygens (including phenoxy) is 3. The Hall–Kier alpha value is -2.24. The Morgan fingerprint density at radius 2 is 1.04 bits per heavy atom. The van der Waals surface area contributed by atoms with Crippen molar-refractivity contribution in [3.05, 3.63) is 53.1 Å². The second-order valence-corrected chi connectivity index (χ2v) is 5.32. The van der Waals surface area contributed by atoms with E-state index in [-0.39, 0.29) is 0 Å². The van der Waals surface area contributed by atoms with Crippen LogP contribution >= 0.6 is 0 Å². The van der Waals surface area contributed by atoms with Gasteiger partial charge in [-0.2, -0.15) is 0 Å². The van der Waals surface area contributed by atoms with Gasteiger partial charge in [0.15, 0.2) is 0 Å². The van der Waals surface area contributed by atoms with E-state index >= 15 is 0 Å². The minimum atomic E-state index is -1.12. The summed E-state index contributed by atoms with van der Waals surface area (Å²) in [5.41, 5.74) is 2.03. The van der Waals surface area contributed by atoms with Gasteiger partial charge in [-0.25, -0.2) is 0 Å². The van der Waals surface area contributed by atoms with Gasteiger partial charge >= 0.3 is 0 Å². The second-order valence-electron chi connectivity index (χ2n) is 5.32. The third kappa shape index (κ3) is 3.94. The predicted octanol–water partition coefficient (Wildman–Crippen LogP) is 2.79. The molecule has 0 amide bonds. The smallest absolute Gasteiger partial charge is 0.122 e. The molecule has 2 unspecified atom stereocenters. The molecule has 0 heterocycles. The molecule has 5 heteroatoms. The predicted molar refractivity (Wildman–Crippen MR) is 87.2 cm³/mol. The van der Waals surface area contributed by atoms with E-state index in [0.717, 1.165) is 5.56 Å². The third-order valence-corrected chi connectivity index (χ3v) is 3.66. The molecule has 0 spiro atoms. The summed E-state index contributed by atoms with van der Waals surface area (Å²) in [6, 6.07) is 10.4. The van der Waals surface area contributed by atoms with Gasteiger partial charge < -0.3 is 24.4 Å². The number of hydrogen-bond donors (Lipinski definition) is 2. The summed E-state index contributed by atoms with van der Waals surface area (Å²) in [6.45, 7) is 1.90. The molecule has 23 heavy (non-hydrogen) atoms. The quantitative estimate of drug-likeness (QED) is 0.857. The zero-order chi connectivity index (χ0) is 17.0. The highest BCUT2D eigenvalue weighted by atomic mass is 16.5. The van der Waals surface area contributed by atoms with E-state index in [1.807, 2.05) is 19.1 Å². The lowest BCUT2D eigenvalue weighted by Gasteiger charge is -2.20. The minimum Gasteiger partial charge on any atom is -0.497 e. The third-order valence-electron chi connectivity index (χ3n) is 3.66. The number of aliphatic hydroxyl groups excluding tert-OH is 2. The van der Waals surface area contributed by atoms with Crippen LogP contribution in [0.4, 0.5) is 0 Å². The van der Waals surface area contributed by atoms with Crippen LogP contribution in [-0.2, 0) is 0 Å². The summed E-state index contributed by atoms with van der Waals surface area (Å²) >= 11 is 0. The van der Waals surface area contributed by atoms with E-state index in [0.29, 0.717) is 28.4 Å². The summed E-state index contributed by atoms with van der Waals surface area (Å²) in [6.07, 6.45) is -2.22. The van der Waals surface area contributed by atoms with E-state index in [9.17, 15) is 10.2 Å². The Morgan fingerprint density at radius 1 is 0.652 bits per heavy atom. The monoisotopic (exact) mass is 318 g/mol. The molecule has 2 atom stereocenters. The average molecular weight is 318 g/mol. The van der Waals surface area contributed by atoms with Crippen LogP contribution in [0.15, 0.2) is 36.4 Å². The Kier molecular flexibility index (Phi) is 5.47. The van der Waals surface area contributed by atoms with Crippen LogP contribution in [0.25, 0.3) is 0 Å². The molecule has 124 valence electrons. The van der Waals surface area contributed by atoms with Crippen molar-refractivity contribution in [2.45, 2.75) is 19.1 Å². The van der Waals surface area contributed by atoms with Gasteiger partial charge in [-0.15, -0.1) is 0 Å². The molecule has 0 aliphatic rings. The number of benzene rings is 2. The van der Waals surface area contributed by atoms with Crippen molar-refractivity contribution < 1.29 is 24.4 Å². The highest BCUT2D eigenvalue weighted by molar-refractivity contribution is 5.41. The fraction of sp³-hybridized carbons (Fsp3) is 0.333. The van der Waals surface area contributed by atoms with E-state index in [1.165, 1.54) is 14.2 Å². The molecule has 0 bridgehead atoms. The van der Waals surface area contributed by atoms with Crippen molar-refractivity contribution in [3.63, 3.8) is 0 Å². The van der Waals surface area contributed by atoms with Crippen molar-refractivity contribution >= 4 is 0 Å². The number of hydrogen-bond acceptors (Lipinski definition) is 5. The molecule has 0 saturated heterocycles. The molecule has 0 fully saturated rings. The fourth-order valence-electron chi connectivity index (χ4n) is 2.43. The Bertz CT molecular complexity index is 646. The molecule has 2 aromatic rings. The van der Waals surface area contributed by atoms with Crippen molar-refractivity contribution in [2.24, 2.45) is 0 Å². The average Bonchev–Trinajstić information content (AvgIpc) is 2.59. The highest BCUT2D eigenvalue weighted by Crippen LogP contribution is 2.34. The van der Waals surface area contributed by atoms with Crippen LogP contribution in [0.2, 0.25) is 0 Å². The molecular weight excluding hydrogens is 296 g/mol. The van der Waals surface area contributed by atoms with Gasteiger partial charge in [0.2, 0.25) is 0 Å². The first-order valence-corrected chi connectivity index (χ1v) is 7.23. The van der Waals surface area contributed by atoms with E-state index in [4.69, 9.17) is 14.2 Å². The van der Waals surface area contributed by atoms with Crippen molar-refractivity contribution in [1.29, 1.82) is 0 Å². The first kappa shape index (κ1) is 17.1. The van der Waals surface area contributed by atoms with Gasteiger partial charge in [0.1, 0.15) is 29.5 Å². The van der Waals surface area contributed by atoms with Crippen molar-refractivity contribution in [3.8, 4) is 17.2 Å². The largest absolute Gasteiger partial charge is 0.497 e. The molecule has 0 aromatic heterocycles. The maximum absolute atomic E-state index is 10.5. The molecular formula is C18H22O5. The topological polar surface area (TPSA) is 68.2 Å². The lowest BCUT2D eigenvalue weighted by atomic mass is 9.96. The molecule has 5 nitrogen and oxygen atoms in total. The van der Waals surface area contributed by atoms with Crippen LogP contribution < -0.4 is 14.2 Å². The van der Waals surface area contributed by atoms with Gasteiger partial charge in [-0.1, -0.05) is 6.07 Å². The van der Waals surface area contributed by atoms with E-state index in [1.54, 1.807) is 31.4 Å². The standard InChI is InChI=1S/C18H22O5/c1-11-5-12(7-14(6-11)21-2)17(19)18(20)13-8-15(22-3)10-16(9-13)23-4/h5-10,17-20H,1-4H3. The number of rotatable bonds is 6. The zero-order valence-electron chi connectivity index (χ0n) is 13.7. The zero-order valence-corrected chi connectivity index (χ0v) is 13.7. The number of methoxy groups -OCH3 is 3. The normalized spacial score (nSPS) is 13.3. The van der Waals surface area contributed by atoms with E-state index < -0.39 is 12.2 Å². The van der Waals surface area contributed by atoms with Gasteiger partial charge in [0, 0.05) is 6.07 Å². The summed E-state index contributed by atoms with van der Waals surface area (Å²) in [5.74, 6) is 1.73. The van der Waals surface area contributed by atoms with Crippen LogP contribution in [-0.4, -0.2) is 31.5 Å². The maximum atomic E-state index is 10.5. The number of aryl methyl sites for hydroxylation is 1. The number of aliphatic hydroxyl groups is 2. The second kappa shape index (κ2) is 7.35.